The molecule has 0 aliphatic heterocycles. The van der Waals surface area contributed by atoms with Crippen molar-refractivity contribution in [1.82, 2.24) is 25.9 Å². The number of nitrogens with one attached hydrogen (secondary N) is 4. The van der Waals surface area contributed by atoms with Gasteiger partial charge in [-0.1, -0.05) is 0 Å². The molecule has 5 atom stereocenters. The minimum atomic E-state index is -1.38. The Balaban J connectivity index is 2.85. The summed E-state index contributed by atoms with van der Waals surface area (Å²) in [4.78, 5) is 56.5. The number of aromatic amines is 1. The number of hydrogen-bond acceptors (Lipinski definition) is 9. The summed E-state index contributed by atoms with van der Waals surface area (Å²) in [5.41, 5.74) is 12.0. The topological polar surface area (TPSA) is 226 Å². The number of nitrogens with two attached hydrogens (primary N) is 2. The van der Waals surface area contributed by atoms with Crippen LogP contribution in [-0.4, -0.2) is 92.7 Å². The van der Waals surface area contributed by atoms with Crippen molar-refractivity contribution in [3.05, 3.63) is 18.2 Å². The molecule has 0 bridgehead atoms. The molecular formula is C21H37N7O6S. The minimum Gasteiger partial charge on any atom is -0.480 e. The van der Waals surface area contributed by atoms with Crippen molar-refractivity contribution >= 4 is 35.5 Å². The number of carbonyl (C=O) groups is 4. The van der Waals surface area contributed by atoms with Gasteiger partial charge in [0.2, 0.25) is 17.7 Å². The molecule has 198 valence electrons. The van der Waals surface area contributed by atoms with E-state index in [4.69, 9.17) is 11.5 Å². The van der Waals surface area contributed by atoms with E-state index in [9.17, 15) is 29.4 Å². The molecular weight excluding hydrogens is 478 g/mol. The molecule has 0 aliphatic carbocycles. The van der Waals surface area contributed by atoms with Gasteiger partial charge in [0.25, 0.3) is 0 Å². The van der Waals surface area contributed by atoms with Crippen LogP contribution in [0, 0.1) is 0 Å². The molecule has 5 unspecified atom stereocenters. The van der Waals surface area contributed by atoms with E-state index in [1.54, 1.807) is 0 Å². The molecule has 0 saturated heterocycles. The van der Waals surface area contributed by atoms with Crippen molar-refractivity contribution in [3.63, 3.8) is 0 Å². The van der Waals surface area contributed by atoms with Crippen molar-refractivity contribution in [1.29, 1.82) is 0 Å². The molecule has 0 saturated carbocycles. The van der Waals surface area contributed by atoms with Crippen LogP contribution in [0.2, 0.25) is 0 Å². The summed E-state index contributed by atoms with van der Waals surface area (Å²) in [6, 6.07) is -4.58. The van der Waals surface area contributed by atoms with Gasteiger partial charge < -0.3 is 42.6 Å². The lowest BCUT2D eigenvalue weighted by molar-refractivity contribution is -0.142. The van der Waals surface area contributed by atoms with Crippen LogP contribution in [0.3, 0.4) is 0 Å². The molecule has 1 aromatic rings. The first-order valence-corrected chi connectivity index (χ1v) is 12.7. The van der Waals surface area contributed by atoms with E-state index in [0.29, 0.717) is 30.8 Å². The van der Waals surface area contributed by atoms with Gasteiger partial charge in [-0.15, -0.1) is 0 Å². The third kappa shape index (κ3) is 11.1. The molecule has 1 rings (SSSR count). The Labute approximate surface area is 208 Å². The summed E-state index contributed by atoms with van der Waals surface area (Å²) in [6.45, 7) is 1.73. The highest BCUT2D eigenvalue weighted by Crippen LogP contribution is 2.07. The van der Waals surface area contributed by atoms with Crippen molar-refractivity contribution < 1.29 is 29.4 Å². The Morgan fingerprint density at radius 2 is 1.77 bits per heavy atom. The molecule has 0 aliphatic rings. The normalized spacial score (nSPS) is 15.3. The smallest absolute Gasteiger partial charge is 0.326 e. The van der Waals surface area contributed by atoms with Crippen molar-refractivity contribution in [2.24, 2.45) is 11.5 Å². The molecule has 0 radical (unpaired) electrons. The molecule has 14 heteroatoms. The van der Waals surface area contributed by atoms with E-state index in [2.05, 4.69) is 25.9 Å². The first kappa shape index (κ1) is 30.4. The lowest BCUT2D eigenvalue weighted by atomic mass is 10.1. The molecule has 35 heavy (non-hydrogen) atoms. The molecule has 1 aromatic heterocycles. The van der Waals surface area contributed by atoms with Crippen LogP contribution in [0.4, 0.5) is 0 Å². The number of aliphatic hydroxyl groups excluding tert-OH is 1. The highest BCUT2D eigenvalue weighted by molar-refractivity contribution is 7.98. The molecule has 0 spiro atoms. The molecule has 0 fully saturated rings. The average molecular weight is 516 g/mol. The number of imidazole rings is 1. The van der Waals surface area contributed by atoms with Gasteiger partial charge in [-0.25, -0.2) is 9.78 Å². The standard InChI is InChI=1S/C21H37N7O6S/c1-12(29)17(28-18(30)14(23)9-13-10-24-11-25-13)20(32)26-15(6-8-35-2)19(31)27-16(21(33)34)5-3-4-7-22/h10-12,14-17,29H,3-9,22-23H2,1-2H3,(H,24,25)(H,26,32)(H,27,31)(H,28,30)(H,33,34). The van der Waals surface area contributed by atoms with E-state index in [-0.39, 0.29) is 19.3 Å². The first-order valence-electron chi connectivity index (χ1n) is 11.3. The fourth-order valence-electron chi connectivity index (χ4n) is 3.18. The van der Waals surface area contributed by atoms with Gasteiger partial charge in [-0.05, 0) is 51.2 Å². The van der Waals surface area contributed by atoms with Gasteiger partial charge >= 0.3 is 5.97 Å². The zero-order chi connectivity index (χ0) is 26.4. The Hall–Kier alpha value is -2.68. The van der Waals surface area contributed by atoms with Gasteiger partial charge in [0.15, 0.2) is 0 Å². The third-order valence-electron chi connectivity index (χ3n) is 5.20. The number of carbonyl (C=O) groups excluding carboxylic acids is 3. The number of thioether (sulfide) groups is 1. The van der Waals surface area contributed by atoms with Gasteiger partial charge in [0.05, 0.1) is 18.5 Å². The summed E-state index contributed by atoms with van der Waals surface area (Å²) < 4.78 is 0. The summed E-state index contributed by atoms with van der Waals surface area (Å²) in [5, 5.41) is 26.9. The zero-order valence-corrected chi connectivity index (χ0v) is 20.8. The number of amides is 3. The number of aliphatic hydroxyl groups is 1. The maximum Gasteiger partial charge on any atom is 0.326 e. The summed E-state index contributed by atoms with van der Waals surface area (Å²) in [5.74, 6) is -2.82. The van der Waals surface area contributed by atoms with Crippen molar-refractivity contribution in [2.45, 2.75) is 69.3 Å². The minimum absolute atomic E-state index is 0.138. The average Bonchev–Trinajstić information content (AvgIpc) is 3.31. The highest BCUT2D eigenvalue weighted by atomic mass is 32.2. The zero-order valence-electron chi connectivity index (χ0n) is 20.0. The van der Waals surface area contributed by atoms with Gasteiger partial charge in [0, 0.05) is 18.3 Å². The summed E-state index contributed by atoms with van der Waals surface area (Å²) in [6.07, 6.45) is 5.18. The number of rotatable bonds is 17. The Kier molecular flexibility index (Phi) is 13.9. The lowest BCUT2D eigenvalue weighted by Gasteiger charge is -2.26. The van der Waals surface area contributed by atoms with E-state index in [1.165, 1.54) is 31.2 Å². The number of nitrogens with zero attached hydrogens (tertiary/aromatic N) is 1. The van der Waals surface area contributed by atoms with E-state index in [0.717, 1.165) is 0 Å². The second-order valence-electron chi connectivity index (χ2n) is 8.14. The van der Waals surface area contributed by atoms with Crippen LogP contribution >= 0.6 is 11.8 Å². The monoisotopic (exact) mass is 515 g/mol. The third-order valence-corrected chi connectivity index (χ3v) is 5.84. The SMILES string of the molecule is CSCCC(NC(=O)C(NC(=O)C(N)Cc1cnc[nH]1)C(C)O)C(=O)NC(CCCCN)C(=O)O. The number of aliphatic carboxylic acids is 1. The second kappa shape index (κ2) is 16.1. The Morgan fingerprint density at radius 3 is 2.31 bits per heavy atom. The van der Waals surface area contributed by atoms with Crippen LogP contribution in [0.5, 0.6) is 0 Å². The van der Waals surface area contributed by atoms with Crippen molar-refractivity contribution in [2.75, 3.05) is 18.6 Å². The van der Waals surface area contributed by atoms with E-state index < -0.39 is 54.0 Å². The predicted octanol–water partition coefficient (Wildman–Crippen LogP) is -1.92. The molecule has 3 amide bonds. The number of hydrogen-bond donors (Lipinski definition) is 8. The number of aromatic nitrogens is 2. The Bertz CT molecular complexity index is 808. The lowest BCUT2D eigenvalue weighted by Crippen LogP contribution is -2.60. The first-order chi connectivity index (χ1) is 16.6. The number of unbranched alkanes of at least 4 members (excludes halogenated alkanes) is 1. The Morgan fingerprint density at radius 1 is 1.09 bits per heavy atom. The molecule has 10 N–H and O–H groups in total. The largest absolute Gasteiger partial charge is 0.480 e. The quantitative estimate of drug-likeness (QED) is 0.107. The maximum atomic E-state index is 12.9. The van der Waals surface area contributed by atoms with Crippen molar-refractivity contribution in [3.8, 4) is 0 Å². The molecule has 13 nitrogen and oxygen atoms in total. The van der Waals surface area contributed by atoms with Crippen LogP contribution < -0.4 is 27.4 Å². The molecule has 1 heterocycles. The van der Waals surface area contributed by atoms with Gasteiger partial charge in [-0.2, -0.15) is 11.8 Å². The summed E-state index contributed by atoms with van der Waals surface area (Å²) >= 11 is 1.44. The van der Waals surface area contributed by atoms with Crippen LogP contribution in [-0.2, 0) is 25.6 Å². The van der Waals surface area contributed by atoms with Crippen LogP contribution in [0.1, 0.15) is 38.3 Å². The van der Waals surface area contributed by atoms with Crippen LogP contribution in [0.15, 0.2) is 12.5 Å². The van der Waals surface area contributed by atoms with E-state index >= 15 is 0 Å². The summed E-state index contributed by atoms with van der Waals surface area (Å²) in [7, 11) is 0. The fourth-order valence-corrected chi connectivity index (χ4v) is 3.65. The van der Waals surface area contributed by atoms with Crippen LogP contribution in [0.25, 0.3) is 0 Å². The van der Waals surface area contributed by atoms with E-state index in [1.807, 2.05) is 6.26 Å². The fraction of sp³-hybridized carbons (Fsp3) is 0.667. The maximum absolute atomic E-state index is 12.9. The van der Waals surface area contributed by atoms with Gasteiger partial charge in [0.1, 0.15) is 18.1 Å². The number of H-pyrrole nitrogens is 1. The second-order valence-corrected chi connectivity index (χ2v) is 9.13. The predicted molar refractivity (Wildman–Crippen MR) is 131 cm³/mol. The number of carboxylic acid groups (broad SMARTS) is 1. The number of carboxylic acids is 1. The highest BCUT2D eigenvalue weighted by Gasteiger charge is 2.32. The van der Waals surface area contributed by atoms with Gasteiger partial charge in [-0.3, -0.25) is 14.4 Å². The molecule has 0 aromatic carbocycles.